The fourth-order valence-corrected chi connectivity index (χ4v) is 2.83. The fourth-order valence-electron chi connectivity index (χ4n) is 2.83. The predicted octanol–water partition coefficient (Wildman–Crippen LogP) is 5.17. The van der Waals surface area contributed by atoms with E-state index < -0.39 is 0 Å². The molecule has 3 aromatic carbocycles. The Morgan fingerprint density at radius 3 is 2.27 bits per heavy atom. The summed E-state index contributed by atoms with van der Waals surface area (Å²) in [6, 6.07) is 25.0. The Hall–Kier alpha value is -2.74. The Morgan fingerprint density at radius 2 is 1.45 bits per heavy atom. The molecule has 0 aliphatic carbocycles. The van der Waals surface area contributed by atoms with Gasteiger partial charge in [0.2, 0.25) is 0 Å². The largest absolute Gasteiger partial charge is 0.466 e. The molecule has 22 heavy (non-hydrogen) atoms. The number of ether oxygens (including phenoxy) is 1. The van der Waals surface area contributed by atoms with Gasteiger partial charge in [0, 0.05) is 22.4 Å². The topological polar surface area (TPSA) is 21.3 Å². The number of fused-ring (bicyclic) bond motifs is 3. The van der Waals surface area contributed by atoms with Crippen molar-refractivity contribution in [1.82, 2.24) is 0 Å². The first-order chi connectivity index (χ1) is 10.8. The fraction of sp³-hybridized carbons (Fsp3) is 0.100. The Labute approximate surface area is 130 Å². The summed E-state index contributed by atoms with van der Waals surface area (Å²) in [5, 5.41) is 3.52. The molecule has 0 fully saturated rings. The van der Waals surface area contributed by atoms with Gasteiger partial charge in [0.15, 0.2) is 6.23 Å². The van der Waals surface area contributed by atoms with Gasteiger partial charge in [-0.15, -0.1) is 0 Å². The highest BCUT2D eigenvalue weighted by Crippen LogP contribution is 2.41. The Kier molecular flexibility index (Phi) is 3.08. The maximum atomic E-state index is 6.25. The Balaban J connectivity index is 1.84. The van der Waals surface area contributed by atoms with Gasteiger partial charge in [0.1, 0.15) is 5.75 Å². The minimum absolute atomic E-state index is 0.189. The third-order valence-electron chi connectivity index (χ3n) is 4.02. The van der Waals surface area contributed by atoms with E-state index in [1.807, 2.05) is 24.3 Å². The maximum Gasteiger partial charge on any atom is 0.196 e. The number of nitrogens with one attached hydrogen (secondary N) is 1. The molecule has 0 aromatic heterocycles. The first-order valence-electron chi connectivity index (χ1n) is 7.49. The second kappa shape index (κ2) is 5.23. The van der Waals surface area contributed by atoms with E-state index in [9.17, 15) is 0 Å². The summed E-state index contributed by atoms with van der Waals surface area (Å²) in [6.07, 6.45) is -0.189. The molecule has 1 aliphatic rings. The van der Waals surface area contributed by atoms with Gasteiger partial charge in [-0.05, 0) is 19.1 Å². The van der Waals surface area contributed by atoms with Crippen molar-refractivity contribution in [3.05, 3.63) is 83.9 Å². The number of rotatable bonds is 1. The zero-order valence-corrected chi connectivity index (χ0v) is 12.4. The highest BCUT2D eigenvalue weighted by molar-refractivity contribution is 5.82. The first-order valence-corrected chi connectivity index (χ1v) is 7.49. The van der Waals surface area contributed by atoms with E-state index >= 15 is 0 Å². The molecular weight excluding hydrogens is 270 g/mol. The summed E-state index contributed by atoms with van der Waals surface area (Å²) >= 11 is 0. The van der Waals surface area contributed by atoms with Gasteiger partial charge in [-0.3, -0.25) is 0 Å². The molecule has 1 heterocycles. The van der Waals surface area contributed by atoms with Crippen LogP contribution < -0.4 is 10.1 Å². The van der Waals surface area contributed by atoms with Gasteiger partial charge in [-0.2, -0.15) is 0 Å². The van der Waals surface area contributed by atoms with Crippen LogP contribution in [0.1, 0.15) is 17.4 Å². The van der Waals surface area contributed by atoms with Crippen LogP contribution in [0.2, 0.25) is 0 Å². The van der Waals surface area contributed by atoms with Gasteiger partial charge >= 0.3 is 0 Å². The molecular formula is C20H17NO. The van der Waals surface area contributed by atoms with Gasteiger partial charge < -0.3 is 10.1 Å². The monoisotopic (exact) mass is 287 g/mol. The third-order valence-corrected chi connectivity index (χ3v) is 4.02. The summed E-state index contributed by atoms with van der Waals surface area (Å²) in [5.41, 5.74) is 5.77. The smallest absolute Gasteiger partial charge is 0.196 e. The number of anilines is 1. The van der Waals surface area contributed by atoms with Crippen LogP contribution in [0, 0.1) is 6.92 Å². The van der Waals surface area contributed by atoms with Crippen LogP contribution in [-0.4, -0.2) is 0 Å². The van der Waals surface area contributed by atoms with Gasteiger partial charge in [0.25, 0.3) is 0 Å². The third kappa shape index (κ3) is 2.23. The number of para-hydroxylation sites is 2. The van der Waals surface area contributed by atoms with E-state index in [0.29, 0.717) is 0 Å². The predicted molar refractivity (Wildman–Crippen MR) is 90.0 cm³/mol. The summed E-state index contributed by atoms with van der Waals surface area (Å²) < 4.78 is 6.25. The molecule has 0 spiro atoms. The summed E-state index contributed by atoms with van der Waals surface area (Å²) in [6.45, 7) is 2.09. The van der Waals surface area contributed by atoms with E-state index in [4.69, 9.17) is 4.74 Å². The number of hydrogen-bond donors (Lipinski definition) is 1. The van der Waals surface area contributed by atoms with Crippen LogP contribution in [0.25, 0.3) is 11.1 Å². The Morgan fingerprint density at radius 1 is 0.773 bits per heavy atom. The average Bonchev–Trinajstić information content (AvgIpc) is 2.72. The zero-order valence-electron chi connectivity index (χ0n) is 12.4. The van der Waals surface area contributed by atoms with Gasteiger partial charge in [0.05, 0.1) is 0 Å². The molecule has 1 N–H and O–H groups in total. The molecule has 108 valence electrons. The molecule has 0 radical (unpaired) electrons. The molecule has 1 aliphatic heterocycles. The normalized spacial score (nSPS) is 15.8. The SMILES string of the molecule is Cc1ccc(C2Nc3ccccc3-c3ccccc3O2)cc1. The van der Waals surface area contributed by atoms with Crippen LogP contribution in [0.3, 0.4) is 0 Å². The quantitative estimate of drug-likeness (QED) is 0.667. The van der Waals surface area contributed by atoms with E-state index in [1.165, 1.54) is 11.1 Å². The lowest BCUT2D eigenvalue weighted by atomic mass is 10.0. The minimum atomic E-state index is -0.189. The molecule has 0 saturated carbocycles. The number of benzene rings is 3. The molecule has 3 aromatic rings. The van der Waals surface area contributed by atoms with Gasteiger partial charge in [-0.25, -0.2) is 0 Å². The molecule has 4 rings (SSSR count). The van der Waals surface area contributed by atoms with Crippen molar-refractivity contribution in [2.75, 3.05) is 5.32 Å². The highest BCUT2D eigenvalue weighted by Gasteiger charge is 2.21. The van der Waals surface area contributed by atoms with E-state index in [-0.39, 0.29) is 6.23 Å². The van der Waals surface area contributed by atoms with Crippen molar-refractivity contribution in [2.45, 2.75) is 13.2 Å². The van der Waals surface area contributed by atoms with Gasteiger partial charge in [-0.1, -0.05) is 66.2 Å². The van der Waals surface area contributed by atoms with E-state index in [0.717, 1.165) is 22.6 Å². The lowest BCUT2D eigenvalue weighted by Gasteiger charge is -2.20. The van der Waals surface area contributed by atoms with Crippen molar-refractivity contribution in [3.8, 4) is 16.9 Å². The van der Waals surface area contributed by atoms with Crippen LogP contribution in [-0.2, 0) is 0 Å². The maximum absolute atomic E-state index is 6.25. The van der Waals surface area contributed by atoms with Crippen LogP contribution in [0.15, 0.2) is 72.8 Å². The molecule has 1 unspecified atom stereocenters. The molecule has 2 nitrogen and oxygen atoms in total. The van der Waals surface area contributed by atoms with Crippen LogP contribution >= 0.6 is 0 Å². The summed E-state index contributed by atoms with van der Waals surface area (Å²) in [7, 11) is 0. The van der Waals surface area contributed by atoms with Crippen molar-refractivity contribution < 1.29 is 4.74 Å². The van der Waals surface area contributed by atoms with E-state index in [2.05, 4.69) is 60.8 Å². The Bertz CT molecular complexity index is 760. The molecule has 0 amide bonds. The van der Waals surface area contributed by atoms with Crippen LogP contribution in [0.5, 0.6) is 5.75 Å². The van der Waals surface area contributed by atoms with Crippen molar-refractivity contribution in [2.24, 2.45) is 0 Å². The molecule has 0 saturated heterocycles. The van der Waals surface area contributed by atoms with Crippen molar-refractivity contribution in [3.63, 3.8) is 0 Å². The summed E-state index contributed by atoms with van der Waals surface area (Å²) in [5.74, 6) is 0.908. The lowest BCUT2D eigenvalue weighted by molar-refractivity contribution is 0.238. The summed E-state index contributed by atoms with van der Waals surface area (Å²) in [4.78, 5) is 0. The van der Waals surface area contributed by atoms with Crippen LogP contribution in [0.4, 0.5) is 5.69 Å². The standard InChI is InChI=1S/C20H17NO/c1-14-10-12-15(13-11-14)20-21-18-8-4-2-6-16(18)17-7-3-5-9-19(17)22-20/h2-13,20-21H,1H3. The lowest BCUT2D eigenvalue weighted by Crippen LogP contribution is -2.16. The molecule has 0 bridgehead atoms. The first kappa shape index (κ1) is 13.0. The number of aryl methyl sites for hydroxylation is 1. The van der Waals surface area contributed by atoms with Crippen molar-refractivity contribution >= 4 is 5.69 Å². The number of hydrogen-bond acceptors (Lipinski definition) is 2. The second-order valence-electron chi connectivity index (χ2n) is 5.59. The van der Waals surface area contributed by atoms with E-state index in [1.54, 1.807) is 0 Å². The zero-order chi connectivity index (χ0) is 14.9. The highest BCUT2D eigenvalue weighted by atomic mass is 16.5. The van der Waals surface area contributed by atoms with Crippen molar-refractivity contribution in [1.29, 1.82) is 0 Å². The molecule has 2 heteroatoms. The average molecular weight is 287 g/mol. The molecule has 1 atom stereocenters. The minimum Gasteiger partial charge on any atom is -0.466 e. The second-order valence-corrected chi connectivity index (χ2v) is 5.59.